The highest BCUT2D eigenvalue weighted by atomic mass is 35.5. The molecule has 4 nitrogen and oxygen atoms in total. The molecular formula is C22H20ClNO3. The maximum atomic E-state index is 13.1. The number of carbonyl (C=O) groups excluding carboxylic acids is 1. The van der Waals surface area contributed by atoms with E-state index < -0.39 is 12.0 Å². The van der Waals surface area contributed by atoms with Crippen LogP contribution in [0.5, 0.6) is 0 Å². The van der Waals surface area contributed by atoms with Crippen LogP contribution in [0.2, 0.25) is 5.02 Å². The van der Waals surface area contributed by atoms with Crippen LogP contribution in [0.15, 0.2) is 47.0 Å². The van der Waals surface area contributed by atoms with Gasteiger partial charge in [0.2, 0.25) is 0 Å². The molecule has 4 rings (SSSR count). The lowest BCUT2D eigenvalue weighted by atomic mass is 9.86. The maximum Gasteiger partial charge on any atom is 0.178 e. The average molecular weight is 382 g/mol. The normalized spacial score (nSPS) is 18.7. The van der Waals surface area contributed by atoms with Crippen molar-refractivity contribution < 1.29 is 14.4 Å². The number of aromatic nitrogens is 1. The monoisotopic (exact) mass is 381 g/mol. The van der Waals surface area contributed by atoms with Crippen molar-refractivity contribution in [1.82, 2.24) is 5.16 Å². The van der Waals surface area contributed by atoms with Gasteiger partial charge in [-0.1, -0.05) is 60.9 Å². The van der Waals surface area contributed by atoms with Gasteiger partial charge in [-0.05, 0) is 47.2 Å². The molecule has 0 fully saturated rings. The summed E-state index contributed by atoms with van der Waals surface area (Å²) in [7, 11) is 0. The Morgan fingerprint density at radius 2 is 1.78 bits per heavy atom. The molecule has 1 aliphatic carbocycles. The first kappa shape index (κ1) is 18.0. The van der Waals surface area contributed by atoms with Gasteiger partial charge in [-0.25, -0.2) is 0 Å². The molecule has 3 aromatic rings. The maximum absolute atomic E-state index is 13.1. The summed E-state index contributed by atoms with van der Waals surface area (Å²) >= 11 is 5.99. The summed E-state index contributed by atoms with van der Waals surface area (Å²) in [6.07, 6.45) is 0.355. The van der Waals surface area contributed by atoms with Gasteiger partial charge in [0.05, 0.1) is 17.2 Å². The summed E-state index contributed by atoms with van der Waals surface area (Å²) in [6.45, 7) is 3.97. The molecular weight excluding hydrogens is 362 g/mol. The minimum atomic E-state index is -1.01. The number of ketones is 1. The van der Waals surface area contributed by atoms with Gasteiger partial charge in [0.1, 0.15) is 6.10 Å². The molecule has 0 radical (unpaired) electrons. The first-order chi connectivity index (χ1) is 13.0. The van der Waals surface area contributed by atoms with Crippen molar-refractivity contribution in [3.05, 3.63) is 75.6 Å². The SMILES string of the molecule is CCc1ccc(-c2ccc(Cl)cc2)cc1C1C(=O)c2c(CC)noc2C1O. The quantitative estimate of drug-likeness (QED) is 0.680. The number of halogens is 1. The third-order valence-corrected chi connectivity index (χ3v) is 5.53. The predicted molar refractivity (Wildman–Crippen MR) is 104 cm³/mol. The Morgan fingerprint density at radius 3 is 2.44 bits per heavy atom. The van der Waals surface area contributed by atoms with Crippen LogP contribution in [0.1, 0.15) is 58.8 Å². The molecule has 2 unspecified atom stereocenters. The highest BCUT2D eigenvalue weighted by Gasteiger charge is 2.45. The molecule has 0 saturated carbocycles. The average Bonchev–Trinajstić information content (AvgIpc) is 3.22. The van der Waals surface area contributed by atoms with Crippen LogP contribution < -0.4 is 0 Å². The van der Waals surface area contributed by atoms with Gasteiger partial charge in [-0.15, -0.1) is 0 Å². The lowest BCUT2D eigenvalue weighted by Crippen LogP contribution is -2.15. The largest absolute Gasteiger partial charge is 0.384 e. The summed E-state index contributed by atoms with van der Waals surface area (Å²) in [5.41, 5.74) is 4.95. The molecule has 0 spiro atoms. The topological polar surface area (TPSA) is 63.3 Å². The van der Waals surface area contributed by atoms with Crippen molar-refractivity contribution in [2.75, 3.05) is 0 Å². The van der Waals surface area contributed by atoms with Gasteiger partial charge >= 0.3 is 0 Å². The fraction of sp³-hybridized carbons (Fsp3) is 0.273. The molecule has 1 aromatic heterocycles. The molecule has 0 saturated heterocycles. The fourth-order valence-corrected chi connectivity index (χ4v) is 3.96. The van der Waals surface area contributed by atoms with Gasteiger partial charge in [0, 0.05) is 5.02 Å². The van der Waals surface area contributed by atoms with E-state index in [-0.39, 0.29) is 5.78 Å². The number of aliphatic hydroxyl groups is 1. The number of nitrogens with zero attached hydrogens (tertiary/aromatic N) is 1. The molecule has 138 valence electrons. The Kier molecular flexibility index (Phi) is 4.62. The number of rotatable bonds is 4. The van der Waals surface area contributed by atoms with E-state index in [4.69, 9.17) is 16.1 Å². The van der Waals surface area contributed by atoms with Crippen molar-refractivity contribution in [3.8, 4) is 11.1 Å². The number of hydrogen-bond acceptors (Lipinski definition) is 4. The summed E-state index contributed by atoms with van der Waals surface area (Å²) in [5.74, 6) is -0.478. The molecule has 0 aliphatic heterocycles. The first-order valence-electron chi connectivity index (χ1n) is 9.14. The summed E-state index contributed by atoms with van der Waals surface area (Å²) < 4.78 is 5.30. The van der Waals surface area contributed by atoms with Crippen molar-refractivity contribution >= 4 is 17.4 Å². The zero-order valence-corrected chi connectivity index (χ0v) is 16.0. The Hall–Kier alpha value is -2.43. The lowest BCUT2D eigenvalue weighted by Gasteiger charge is -2.19. The van der Waals surface area contributed by atoms with Gasteiger partial charge < -0.3 is 9.63 Å². The number of Topliss-reactive ketones (excluding diaryl/α,β-unsaturated/α-hetero) is 1. The zero-order valence-electron chi connectivity index (χ0n) is 15.2. The number of fused-ring (bicyclic) bond motifs is 1. The van der Waals surface area contributed by atoms with Crippen molar-refractivity contribution in [2.24, 2.45) is 0 Å². The van der Waals surface area contributed by atoms with E-state index in [9.17, 15) is 9.90 Å². The summed E-state index contributed by atoms with van der Waals surface area (Å²) in [5, 5.41) is 15.4. The van der Waals surface area contributed by atoms with E-state index in [0.717, 1.165) is 28.7 Å². The molecule has 0 bridgehead atoms. The highest BCUT2D eigenvalue weighted by Crippen LogP contribution is 2.45. The van der Waals surface area contributed by atoms with Crippen LogP contribution in [0.25, 0.3) is 11.1 Å². The van der Waals surface area contributed by atoms with E-state index in [0.29, 0.717) is 28.5 Å². The van der Waals surface area contributed by atoms with Crippen molar-refractivity contribution in [3.63, 3.8) is 0 Å². The molecule has 0 amide bonds. The van der Waals surface area contributed by atoms with Crippen LogP contribution >= 0.6 is 11.6 Å². The van der Waals surface area contributed by atoms with Crippen molar-refractivity contribution in [2.45, 2.75) is 38.7 Å². The smallest absolute Gasteiger partial charge is 0.178 e. The number of benzene rings is 2. The number of aliphatic hydroxyl groups excluding tert-OH is 1. The molecule has 2 aromatic carbocycles. The minimum absolute atomic E-state index is 0.112. The molecule has 1 heterocycles. The Labute approximate surface area is 162 Å². The standard InChI is InChI=1S/C22H20ClNO3/c1-3-12-5-6-14(13-7-9-15(23)10-8-13)11-16(12)18-20(25)19-17(4-2)24-27-22(19)21(18)26/h5-11,18,21,26H,3-4H2,1-2H3. The van der Waals surface area contributed by atoms with Gasteiger partial charge in [0.15, 0.2) is 11.5 Å². The second kappa shape index (κ2) is 6.95. The summed E-state index contributed by atoms with van der Waals surface area (Å²) in [6, 6.07) is 13.6. The van der Waals surface area contributed by atoms with Crippen LogP contribution in [0, 0.1) is 0 Å². The van der Waals surface area contributed by atoms with Crippen LogP contribution in [0.3, 0.4) is 0 Å². The van der Waals surface area contributed by atoms with Crippen LogP contribution in [-0.2, 0) is 12.8 Å². The summed E-state index contributed by atoms with van der Waals surface area (Å²) in [4.78, 5) is 13.1. The van der Waals surface area contributed by atoms with Gasteiger partial charge in [-0.2, -0.15) is 0 Å². The third kappa shape index (κ3) is 2.89. The fourth-order valence-electron chi connectivity index (χ4n) is 3.83. The number of hydrogen-bond donors (Lipinski definition) is 1. The molecule has 1 aliphatic rings. The van der Waals surface area contributed by atoms with E-state index in [1.54, 1.807) is 0 Å². The highest BCUT2D eigenvalue weighted by molar-refractivity contribution is 6.30. The Morgan fingerprint density at radius 1 is 1.07 bits per heavy atom. The zero-order chi connectivity index (χ0) is 19.1. The van der Waals surface area contributed by atoms with Gasteiger partial charge in [-0.3, -0.25) is 4.79 Å². The number of carbonyl (C=O) groups is 1. The molecule has 1 N–H and O–H groups in total. The molecule has 2 atom stereocenters. The molecule has 27 heavy (non-hydrogen) atoms. The van der Waals surface area contributed by atoms with Gasteiger partial charge in [0.25, 0.3) is 0 Å². The minimum Gasteiger partial charge on any atom is -0.384 e. The first-order valence-corrected chi connectivity index (χ1v) is 9.52. The Balaban J connectivity index is 1.81. The van der Waals surface area contributed by atoms with Crippen LogP contribution in [0.4, 0.5) is 0 Å². The second-order valence-electron chi connectivity index (χ2n) is 6.78. The van der Waals surface area contributed by atoms with Crippen molar-refractivity contribution in [1.29, 1.82) is 0 Å². The third-order valence-electron chi connectivity index (χ3n) is 5.28. The number of aryl methyl sites for hydroxylation is 2. The van der Waals surface area contributed by atoms with E-state index in [1.807, 2.05) is 56.3 Å². The predicted octanol–water partition coefficient (Wildman–Crippen LogP) is 5.13. The van der Waals surface area contributed by atoms with Crippen LogP contribution in [-0.4, -0.2) is 16.0 Å². The van der Waals surface area contributed by atoms with E-state index in [1.165, 1.54) is 0 Å². The lowest BCUT2D eigenvalue weighted by molar-refractivity contribution is 0.0825. The second-order valence-corrected chi connectivity index (χ2v) is 7.22. The molecule has 5 heteroatoms. The Bertz CT molecular complexity index is 1010. The van der Waals surface area contributed by atoms with E-state index in [2.05, 4.69) is 5.16 Å². The van der Waals surface area contributed by atoms with E-state index >= 15 is 0 Å².